The van der Waals surface area contributed by atoms with Crippen LogP contribution in [-0.2, 0) is 12.1 Å². The van der Waals surface area contributed by atoms with Crippen molar-refractivity contribution in [1.82, 2.24) is 19.7 Å². The highest BCUT2D eigenvalue weighted by molar-refractivity contribution is 5.83. The number of amides is 2. The first-order valence-electron chi connectivity index (χ1n) is 13.0. The van der Waals surface area contributed by atoms with Crippen LogP contribution >= 0.6 is 0 Å². The van der Waals surface area contributed by atoms with Gasteiger partial charge >= 0.3 is 6.03 Å². The minimum atomic E-state index is -1.33. The summed E-state index contributed by atoms with van der Waals surface area (Å²) in [5.74, 6) is -1.24. The van der Waals surface area contributed by atoms with E-state index in [4.69, 9.17) is 0 Å². The number of benzene rings is 2. The Labute approximate surface area is 226 Å². The Morgan fingerprint density at radius 2 is 1.95 bits per heavy atom. The maximum atomic E-state index is 15.5. The summed E-state index contributed by atoms with van der Waals surface area (Å²) in [5, 5.41) is 10.7. The molecule has 3 heterocycles. The number of hydrogen-bond donors (Lipinski definition) is 1. The third kappa shape index (κ3) is 5.29. The molecule has 0 bridgehead atoms. The first-order valence-corrected chi connectivity index (χ1v) is 13.0. The van der Waals surface area contributed by atoms with E-state index in [0.29, 0.717) is 30.6 Å². The van der Waals surface area contributed by atoms with Crippen molar-refractivity contribution >= 4 is 11.6 Å². The van der Waals surface area contributed by atoms with Crippen LogP contribution in [0.5, 0.6) is 0 Å². The van der Waals surface area contributed by atoms with E-state index in [1.54, 1.807) is 49.8 Å². The number of alkyl halides is 1. The van der Waals surface area contributed by atoms with Gasteiger partial charge in [0.15, 0.2) is 0 Å². The molecule has 1 saturated heterocycles. The molecule has 2 unspecified atom stereocenters. The van der Waals surface area contributed by atoms with Gasteiger partial charge in [0.05, 0.1) is 12.6 Å². The van der Waals surface area contributed by atoms with Gasteiger partial charge in [-0.3, -0.25) is 9.88 Å². The van der Waals surface area contributed by atoms with Gasteiger partial charge in [0.2, 0.25) is 0 Å². The first-order chi connectivity index (χ1) is 18.8. The fraction of sp³-hybridized carbons (Fsp3) is 0.333. The molecule has 1 fully saturated rings. The van der Waals surface area contributed by atoms with Crippen molar-refractivity contribution in [2.75, 3.05) is 33.3 Å². The zero-order valence-corrected chi connectivity index (χ0v) is 21.7. The van der Waals surface area contributed by atoms with Crippen LogP contribution in [0, 0.1) is 11.6 Å². The summed E-state index contributed by atoms with van der Waals surface area (Å²) in [6.45, 7) is 0.771. The largest absolute Gasteiger partial charge is 0.393 e. The summed E-state index contributed by atoms with van der Waals surface area (Å²) in [6, 6.07) is 14.7. The Morgan fingerprint density at radius 3 is 2.64 bits per heavy atom. The molecule has 0 spiro atoms. The number of halogens is 3. The lowest BCUT2D eigenvalue weighted by Gasteiger charge is -2.44. The summed E-state index contributed by atoms with van der Waals surface area (Å²) in [7, 11) is 1.56. The number of nitrogens with zero attached hydrogens (tertiary/aromatic N) is 4. The van der Waals surface area contributed by atoms with Crippen molar-refractivity contribution in [3.8, 4) is 0 Å². The van der Waals surface area contributed by atoms with E-state index in [1.165, 1.54) is 9.80 Å². The van der Waals surface area contributed by atoms with Crippen LogP contribution in [-0.4, -0.2) is 76.3 Å². The molecular formula is C30H31F3N4O2. The van der Waals surface area contributed by atoms with E-state index >= 15 is 4.39 Å². The topological polar surface area (TPSA) is 59.9 Å². The van der Waals surface area contributed by atoms with Crippen molar-refractivity contribution in [2.24, 2.45) is 0 Å². The molecule has 2 aromatic carbocycles. The molecule has 0 radical (unpaired) electrons. The second-order valence-corrected chi connectivity index (χ2v) is 10.2. The summed E-state index contributed by atoms with van der Waals surface area (Å²) in [6.07, 6.45) is 4.20. The van der Waals surface area contributed by atoms with E-state index in [1.807, 2.05) is 23.1 Å². The monoisotopic (exact) mass is 536 g/mol. The maximum absolute atomic E-state index is 15.5. The third-order valence-corrected chi connectivity index (χ3v) is 7.76. The van der Waals surface area contributed by atoms with Gasteiger partial charge in [-0.25, -0.2) is 18.0 Å². The van der Waals surface area contributed by atoms with Crippen LogP contribution in [0.1, 0.15) is 23.1 Å². The molecule has 2 aliphatic heterocycles. The van der Waals surface area contributed by atoms with Crippen LogP contribution in [0.3, 0.4) is 0 Å². The highest BCUT2D eigenvalue weighted by atomic mass is 19.1. The van der Waals surface area contributed by atoms with Gasteiger partial charge in [-0.2, -0.15) is 0 Å². The van der Waals surface area contributed by atoms with Gasteiger partial charge in [0.1, 0.15) is 23.3 Å². The highest BCUT2D eigenvalue weighted by Gasteiger charge is 2.47. The number of likely N-dealkylation sites (tertiary alicyclic amines) is 1. The molecule has 0 aliphatic carbocycles. The van der Waals surface area contributed by atoms with E-state index in [2.05, 4.69) is 4.98 Å². The van der Waals surface area contributed by atoms with E-state index < -0.39 is 42.0 Å². The lowest BCUT2D eigenvalue weighted by Crippen LogP contribution is -2.58. The molecular weight excluding hydrogens is 505 g/mol. The number of aromatic nitrogens is 1. The van der Waals surface area contributed by atoms with Crippen LogP contribution in [0.4, 0.5) is 18.0 Å². The number of rotatable bonds is 6. The fourth-order valence-corrected chi connectivity index (χ4v) is 5.67. The van der Waals surface area contributed by atoms with Crippen molar-refractivity contribution in [2.45, 2.75) is 30.7 Å². The minimum Gasteiger partial charge on any atom is -0.393 e. The first kappa shape index (κ1) is 26.9. The van der Waals surface area contributed by atoms with Gasteiger partial charge in [-0.15, -0.1) is 0 Å². The Morgan fingerprint density at radius 1 is 1.15 bits per heavy atom. The smallest absolute Gasteiger partial charge is 0.321 e. The van der Waals surface area contributed by atoms with Gasteiger partial charge in [-0.1, -0.05) is 36.4 Å². The van der Waals surface area contributed by atoms with Crippen LogP contribution in [0.2, 0.25) is 0 Å². The van der Waals surface area contributed by atoms with Crippen LogP contribution in [0.15, 0.2) is 79.1 Å². The molecule has 204 valence electrons. The molecule has 2 aliphatic rings. The lowest BCUT2D eigenvalue weighted by molar-refractivity contribution is 0.0335. The molecule has 5 rings (SSSR count). The molecule has 0 saturated carbocycles. The lowest BCUT2D eigenvalue weighted by atomic mass is 9.89. The maximum Gasteiger partial charge on any atom is 0.321 e. The highest BCUT2D eigenvalue weighted by Crippen LogP contribution is 2.41. The quantitative estimate of drug-likeness (QED) is 0.500. The molecule has 39 heavy (non-hydrogen) atoms. The van der Waals surface area contributed by atoms with Crippen molar-refractivity contribution in [3.05, 3.63) is 107 Å². The second-order valence-electron chi connectivity index (χ2n) is 10.2. The molecule has 1 aromatic heterocycles. The van der Waals surface area contributed by atoms with Gasteiger partial charge < -0.3 is 14.9 Å². The number of carbonyl (C=O) groups excluding carboxylic acids is 1. The zero-order valence-electron chi connectivity index (χ0n) is 21.7. The van der Waals surface area contributed by atoms with Crippen molar-refractivity contribution < 1.29 is 23.1 Å². The number of aliphatic hydroxyl groups excluding tert-OH is 1. The van der Waals surface area contributed by atoms with Gasteiger partial charge in [0, 0.05) is 51.2 Å². The Balaban J connectivity index is 1.40. The number of pyridine rings is 1. The third-order valence-electron chi connectivity index (χ3n) is 7.76. The van der Waals surface area contributed by atoms with Crippen molar-refractivity contribution in [1.29, 1.82) is 0 Å². The number of urea groups is 1. The molecule has 3 aromatic rings. The van der Waals surface area contributed by atoms with Gasteiger partial charge in [0.25, 0.3) is 0 Å². The van der Waals surface area contributed by atoms with E-state index in [-0.39, 0.29) is 18.7 Å². The minimum absolute atomic E-state index is 0.0220. The molecule has 6 nitrogen and oxygen atoms in total. The standard InChI is InChI=1S/C30H31F3N4O2/c1-35(28-11-13-36(19-27(28)33)17-21-6-5-12-34-16-21)29(39)37-18-22(25-14-24(31)9-10-26(25)32)15-30(37,20-38)23-7-3-2-4-8-23/h2-10,12,14-16,27-28,38H,11,13,17-20H2,1H3/t27?,28?,30-/m1/s1. The summed E-state index contributed by atoms with van der Waals surface area (Å²) >= 11 is 0. The number of hydrogen-bond acceptors (Lipinski definition) is 4. The summed E-state index contributed by atoms with van der Waals surface area (Å²) in [5.41, 5.74) is 0.671. The SMILES string of the molecule is CN(C(=O)N1CC(c2cc(F)ccc2F)=C[C@@]1(CO)c1ccccc1)C1CCN(Cc2cccnc2)CC1F. The molecule has 9 heteroatoms. The number of carbonyl (C=O) groups is 1. The second kappa shape index (κ2) is 11.2. The molecule has 2 amide bonds. The van der Waals surface area contributed by atoms with Crippen LogP contribution < -0.4 is 0 Å². The van der Waals surface area contributed by atoms with Gasteiger partial charge in [-0.05, 0) is 53.5 Å². The molecule has 3 atom stereocenters. The average molecular weight is 537 g/mol. The summed E-state index contributed by atoms with van der Waals surface area (Å²) in [4.78, 5) is 22.9. The van der Waals surface area contributed by atoms with Crippen molar-refractivity contribution in [3.63, 3.8) is 0 Å². The molecule has 1 N–H and O–H groups in total. The average Bonchev–Trinajstić information content (AvgIpc) is 3.35. The number of aliphatic hydroxyl groups is 1. The summed E-state index contributed by atoms with van der Waals surface area (Å²) < 4.78 is 44.3. The normalized spacial score (nSPS) is 23.5. The predicted molar refractivity (Wildman–Crippen MR) is 142 cm³/mol. The predicted octanol–water partition coefficient (Wildman–Crippen LogP) is 4.61. The zero-order chi connectivity index (χ0) is 27.6. The van der Waals surface area contributed by atoms with E-state index in [0.717, 1.165) is 23.8 Å². The Bertz CT molecular complexity index is 1340. The fourth-order valence-electron chi connectivity index (χ4n) is 5.67. The van der Waals surface area contributed by atoms with E-state index in [9.17, 15) is 18.7 Å². The Kier molecular flexibility index (Phi) is 7.72. The van der Waals surface area contributed by atoms with Crippen LogP contribution in [0.25, 0.3) is 5.57 Å². The Hall–Kier alpha value is -3.69. The number of piperidine rings is 1.